The highest BCUT2D eigenvalue weighted by molar-refractivity contribution is 5.93. The van der Waals surface area contributed by atoms with E-state index in [2.05, 4.69) is 15.5 Å². The van der Waals surface area contributed by atoms with Crippen LogP contribution >= 0.6 is 0 Å². The molecule has 1 aromatic heterocycles. The van der Waals surface area contributed by atoms with Crippen molar-refractivity contribution < 1.29 is 17.7 Å². The van der Waals surface area contributed by atoms with Crippen LogP contribution in [0.15, 0.2) is 71.3 Å². The zero-order valence-electron chi connectivity index (χ0n) is 14.0. The van der Waals surface area contributed by atoms with E-state index in [1.807, 2.05) is 42.5 Å². The summed E-state index contributed by atoms with van der Waals surface area (Å²) in [6, 6.07) is 18.6. The molecule has 27 heavy (non-hydrogen) atoms. The molecule has 0 saturated carbocycles. The van der Waals surface area contributed by atoms with E-state index >= 15 is 0 Å². The molecule has 0 unspecified atom stereocenters. The molecule has 3 aromatic carbocycles. The molecular weight excluding hydrogens is 355 g/mol. The fourth-order valence-electron chi connectivity index (χ4n) is 2.80. The highest BCUT2D eigenvalue weighted by Crippen LogP contribution is 2.30. The molecule has 0 bridgehead atoms. The second-order valence-electron chi connectivity index (χ2n) is 5.97. The van der Waals surface area contributed by atoms with Gasteiger partial charge in [-0.1, -0.05) is 53.7 Å². The topological polar surface area (TPSA) is 51.0 Å². The molecule has 4 aromatic rings. The molecule has 1 heterocycles. The molecular formula is C20H14F3N3O. The van der Waals surface area contributed by atoms with E-state index in [1.165, 1.54) is 12.1 Å². The number of hydrogen-bond acceptors (Lipinski definition) is 4. The van der Waals surface area contributed by atoms with Crippen molar-refractivity contribution in [1.29, 1.82) is 0 Å². The number of hydrogen-bond donors (Lipinski definition) is 1. The third-order valence-corrected chi connectivity index (χ3v) is 4.16. The first-order chi connectivity index (χ1) is 13.0. The lowest BCUT2D eigenvalue weighted by atomic mass is 10.1. The van der Waals surface area contributed by atoms with E-state index in [1.54, 1.807) is 0 Å². The van der Waals surface area contributed by atoms with Gasteiger partial charge >= 0.3 is 6.18 Å². The molecule has 0 saturated heterocycles. The molecule has 4 nitrogen and oxygen atoms in total. The Morgan fingerprint density at radius 2 is 1.63 bits per heavy atom. The van der Waals surface area contributed by atoms with E-state index in [4.69, 9.17) is 4.52 Å². The average Bonchev–Trinajstić information content (AvgIpc) is 3.15. The average molecular weight is 369 g/mol. The molecule has 0 amide bonds. The Balaban J connectivity index is 1.50. The third kappa shape index (κ3) is 3.62. The monoisotopic (exact) mass is 369 g/mol. The second-order valence-corrected chi connectivity index (χ2v) is 5.97. The maximum absolute atomic E-state index is 12.6. The Kier molecular flexibility index (Phi) is 4.27. The van der Waals surface area contributed by atoms with Crippen LogP contribution in [0.25, 0.3) is 22.2 Å². The number of halogens is 3. The predicted molar refractivity (Wildman–Crippen MR) is 96.0 cm³/mol. The number of fused-ring (bicyclic) bond motifs is 1. The van der Waals surface area contributed by atoms with Crippen molar-refractivity contribution in [2.45, 2.75) is 12.7 Å². The maximum atomic E-state index is 12.6. The van der Waals surface area contributed by atoms with Gasteiger partial charge in [0.05, 0.1) is 12.1 Å². The van der Waals surface area contributed by atoms with Crippen molar-refractivity contribution >= 4 is 16.5 Å². The molecule has 0 aliphatic heterocycles. The molecule has 0 spiro atoms. The van der Waals surface area contributed by atoms with Gasteiger partial charge in [-0.05, 0) is 23.6 Å². The lowest BCUT2D eigenvalue weighted by Crippen LogP contribution is -2.04. The Bertz CT molecular complexity index is 1070. The van der Waals surface area contributed by atoms with E-state index in [9.17, 15) is 13.2 Å². The van der Waals surface area contributed by atoms with Crippen molar-refractivity contribution in [3.63, 3.8) is 0 Å². The smallest absolute Gasteiger partial charge is 0.376 e. The highest BCUT2D eigenvalue weighted by Gasteiger charge is 2.30. The van der Waals surface area contributed by atoms with Gasteiger partial charge in [0.15, 0.2) is 0 Å². The van der Waals surface area contributed by atoms with Crippen LogP contribution in [0.4, 0.5) is 18.9 Å². The molecule has 0 aliphatic rings. The Morgan fingerprint density at radius 1 is 0.889 bits per heavy atom. The van der Waals surface area contributed by atoms with E-state index < -0.39 is 11.7 Å². The van der Waals surface area contributed by atoms with Crippen LogP contribution in [0.2, 0.25) is 0 Å². The first-order valence-electron chi connectivity index (χ1n) is 8.22. The summed E-state index contributed by atoms with van der Waals surface area (Å²) in [6.45, 7) is 0.307. The summed E-state index contributed by atoms with van der Waals surface area (Å²) < 4.78 is 43.1. The Labute approximate surface area is 152 Å². The minimum absolute atomic E-state index is 0.249. The fourth-order valence-corrected chi connectivity index (χ4v) is 2.80. The fraction of sp³-hybridized carbons (Fsp3) is 0.100. The zero-order valence-corrected chi connectivity index (χ0v) is 14.0. The van der Waals surface area contributed by atoms with Gasteiger partial charge in [-0.3, -0.25) is 0 Å². The zero-order chi connectivity index (χ0) is 18.9. The number of nitrogens with zero attached hydrogens (tertiary/aromatic N) is 2. The number of nitrogens with one attached hydrogen (secondary N) is 1. The number of rotatable bonds is 4. The highest BCUT2D eigenvalue weighted by atomic mass is 19.4. The van der Waals surface area contributed by atoms with Gasteiger partial charge in [-0.15, -0.1) is 0 Å². The summed E-state index contributed by atoms with van der Waals surface area (Å²) in [5, 5.41) is 9.28. The quantitative estimate of drug-likeness (QED) is 0.515. The van der Waals surface area contributed by atoms with Crippen LogP contribution in [0.5, 0.6) is 0 Å². The van der Waals surface area contributed by atoms with Gasteiger partial charge in [0, 0.05) is 16.6 Å². The molecule has 136 valence electrons. The van der Waals surface area contributed by atoms with E-state index in [-0.39, 0.29) is 5.82 Å². The van der Waals surface area contributed by atoms with Crippen molar-refractivity contribution in [3.05, 3.63) is 78.2 Å². The number of anilines is 1. The van der Waals surface area contributed by atoms with Crippen molar-refractivity contribution in [2.24, 2.45) is 0 Å². The maximum Gasteiger partial charge on any atom is 0.416 e. The Morgan fingerprint density at radius 3 is 2.41 bits per heavy atom. The number of aromatic nitrogens is 2. The third-order valence-electron chi connectivity index (χ3n) is 4.16. The number of alkyl halides is 3. The summed E-state index contributed by atoms with van der Waals surface area (Å²) in [4.78, 5) is 4.25. The molecule has 0 radical (unpaired) electrons. The van der Waals surface area contributed by atoms with Crippen molar-refractivity contribution in [2.75, 3.05) is 5.32 Å². The van der Waals surface area contributed by atoms with Crippen LogP contribution in [0, 0.1) is 0 Å². The molecule has 0 aliphatic carbocycles. The van der Waals surface area contributed by atoms with Crippen LogP contribution in [-0.4, -0.2) is 10.1 Å². The molecule has 4 rings (SSSR count). The summed E-state index contributed by atoms with van der Waals surface area (Å²) >= 11 is 0. The molecule has 7 heteroatoms. The summed E-state index contributed by atoms with van der Waals surface area (Å²) in [5.74, 6) is 0.594. The first kappa shape index (κ1) is 17.1. The summed E-state index contributed by atoms with van der Waals surface area (Å²) in [7, 11) is 0. The lowest BCUT2D eigenvalue weighted by molar-refractivity contribution is -0.137. The largest absolute Gasteiger partial charge is 0.416 e. The standard InChI is InChI=1S/C20H14F3N3O/c21-20(22,23)15-10-8-14(9-11-15)19-25-18(27-26-19)12-24-17-7-3-5-13-4-1-2-6-16(13)17/h1-11,24H,12H2. The van der Waals surface area contributed by atoms with Gasteiger partial charge in [0.2, 0.25) is 11.7 Å². The van der Waals surface area contributed by atoms with Gasteiger partial charge < -0.3 is 9.84 Å². The minimum Gasteiger partial charge on any atom is -0.376 e. The summed E-state index contributed by atoms with van der Waals surface area (Å²) in [5.41, 5.74) is 0.679. The van der Waals surface area contributed by atoms with Gasteiger partial charge in [-0.2, -0.15) is 18.2 Å². The van der Waals surface area contributed by atoms with Gasteiger partial charge in [0.25, 0.3) is 0 Å². The summed E-state index contributed by atoms with van der Waals surface area (Å²) in [6.07, 6.45) is -4.37. The van der Waals surface area contributed by atoms with Crippen LogP contribution in [-0.2, 0) is 12.7 Å². The minimum atomic E-state index is -4.37. The first-order valence-corrected chi connectivity index (χ1v) is 8.22. The van der Waals surface area contributed by atoms with E-state index in [0.29, 0.717) is 18.0 Å². The van der Waals surface area contributed by atoms with Crippen molar-refractivity contribution in [3.8, 4) is 11.4 Å². The van der Waals surface area contributed by atoms with Crippen LogP contribution in [0.3, 0.4) is 0 Å². The van der Waals surface area contributed by atoms with E-state index in [0.717, 1.165) is 28.6 Å². The predicted octanol–water partition coefficient (Wildman–Crippen LogP) is 5.52. The Hall–Kier alpha value is -3.35. The van der Waals surface area contributed by atoms with Gasteiger partial charge in [0.1, 0.15) is 0 Å². The second kappa shape index (κ2) is 6.75. The SMILES string of the molecule is FC(F)(F)c1ccc(-c2noc(CNc3cccc4ccccc34)n2)cc1. The van der Waals surface area contributed by atoms with Gasteiger partial charge in [-0.25, -0.2) is 0 Å². The van der Waals surface area contributed by atoms with Crippen LogP contribution in [0.1, 0.15) is 11.5 Å². The van der Waals surface area contributed by atoms with Crippen LogP contribution < -0.4 is 5.32 Å². The molecule has 0 atom stereocenters. The molecule has 0 fully saturated rings. The molecule has 1 N–H and O–H groups in total. The lowest BCUT2D eigenvalue weighted by Gasteiger charge is -2.07. The number of benzene rings is 3. The van der Waals surface area contributed by atoms with Crippen molar-refractivity contribution in [1.82, 2.24) is 10.1 Å². The normalized spacial score (nSPS) is 11.7.